The predicted molar refractivity (Wildman–Crippen MR) is 88.5 cm³/mol. The van der Waals surface area contributed by atoms with E-state index in [2.05, 4.69) is 79.7 Å². The maximum Gasteiger partial charge on any atom is 0.0723 e. The number of aryl methyl sites for hydroxylation is 1. The summed E-state index contributed by atoms with van der Waals surface area (Å²) in [4.78, 5) is 4.72. The molecule has 0 N–H and O–H groups in total. The summed E-state index contributed by atoms with van der Waals surface area (Å²) in [6.07, 6.45) is 0. The average Bonchev–Trinajstić information content (AvgIpc) is 2.68. The van der Waals surface area contributed by atoms with Gasteiger partial charge in [0, 0.05) is 11.1 Å². The molecular weight excluding hydrogens is 254 g/mol. The van der Waals surface area contributed by atoms with Gasteiger partial charge in [0.2, 0.25) is 0 Å². The Balaban J connectivity index is 2.15. The summed E-state index contributed by atoms with van der Waals surface area (Å²) in [6.45, 7) is 2.06. The van der Waals surface area contributed by atoms with E-state index in [1.165, 1.54) is 27.6 Å². The summed E-state index contributed by atoms with van der Waals surface area (Å²) in [5.74, 6) is 0. The molecule has 0 amide bonds. The molecule has 21 heavy (non-hydrogen) atoms. The molecule has 2 aliphatic rings. The van der Waals surface area contributed by atoms with Crippen molar-refractivity contribution in [2.75, 3.05) is 0 Å². The van der Waals surface area contributed by atoms with Gasteiger partial charge in [-0.05, 0) is 41.3 Å². The Morgan fingerprint density at radius 2 is 1.33 bits per heavy atom. The van der Waals surface area contributed by atoms with E-state index in [1.54, 1.807) is 0 Å². The maximum absolute atomic E-state index is 4.72. The first kappa shape index (κ1) is 12.1. The fourth-order valence-corrected chi connectivity index (χ4v) is 2.99. The fraction of sp³-hybridized carbons (Fsp3) is 0.0500. The molecule has 1 heterocycles. The quantitative estimate of drug-likeness (QED) is 0.456. The molecular formula is C20H15N. The van der Waals surface area contributed by atoms with Crippen LogP contribution in [0.5, 0.6) is 0 Å². The zero-order valence-electron chi connectivity index (χ0n) is 11.9. The molecule has 1 heteroatoms. The van der Waals surface area contributed by atoms with Crippen molar-refractivity contribution in [3.63, 3.8) is 0 Å². The van der Waals surface area contributed by atoms with Gasteiger partial charge in [0.25, 0.3) is 0 Å². The first-order valence-corrected chi connectivity index (χ1v) is 7.17. The van der Waals surface area contributed by atoms with E-state index in [0.29, 0.717) is 0 Å². The van der Waals surface area contributed by atoms with E-state index in [-0.39, 0.29) is 0 Å². The lowest BCUT2D eigenvalue weighted by Gasteiger charge is -2.07. The van der Waals surface area contributed by atoms with Gasteiger partial charge in [-0.2, -0.15) is 0 Å². The first-order chi connectivity index (χ1) is 10.3. The van der Waals surface area contributed by atoms with Crippen LogP contribution in [-0.4, -0.2) is 4.98 Å². The van der Waals surface area contributed by atoms with Crippen molar-refractivity contribution in [3.05, 3.63) is 78.5 Å². The van der Waals surface area contributed by atoms with Gasteiger partial charge in [-0.3, -0.25) is 4.98 Å². The molecule has 100 valence electrons. The molecule has 1 aromatic carbocycles. The van der Waals surface area contributed by atoms with Crippen LogP contribution in [0.2, 0.25) is 0 Å². The lowest BCUT2D eigenvalue weighted by Crippen LogP contribution is -1.86. The van der Waals surface area contributed by atoms with Crippen molar-refractivity contribution in [1.82, 2.24) is 4.98 Å². The van der Waals surface area contributed by atoms with Crippen molar-refractivity contribution in [3.8, 4) is 22.3 Å². The Hall–Kier alpha value is -2.67. The molecule has 4 rings (SSSR count). The summed E-state index contributed by atoms with van der Waals surface area (Å²) in [5, 5.41) is 1.25. The molecule has 1 nitrogen and oxygen atoms in total. The molecule has 0 bridgehead atoms. The summed E-state index contributed by atoms with van der Waals surface area (Å²) in [5.41, 5.74) is 7.15. The van der Waals surface area contributed by atoms with E-state index in [4.69, 9.17) is 4.98 Å². The van der Waals surface area contributed by atoms with Crippen molar-refractivity contribution in [2.24, 2.45) is 0 Å². The smallest absolute Gasteiger partial charge is 0.0723 e. The average molecular weight is 269 g/mol. The third-order valence-corrected chi connectivity index (χ3v) is 3.89. The normalized spacial score (nSPS) is 11.1. The van der Waals surface area contributed by atoms with Gasteiger partial charge in [-0.1, -0.05) is 60.7 Å². The molecule has 0 saturated heterocycles. The van der Waals surface area contributed by atoms with Crippen LogP contribution in [0.3, 0.4) is 0 Å². The number of benzene rings is 1. The Kier molecular flexibility index (Phi) is 2.71. The van der Waals surface area contributed by atoms with Crippen molar-refractivity contribution < 1.29 is 0 Å². The van der Waals surface area contributed by atoms with Crippen LogP contribution in [-0.2, 0) is 0 Å². The van der Waals surface area contributed by atoms with Gasteiger partial charge < -0.3 is 0 Å². The number of hydrogen-bond donors (Lipinski definition) is 0. The van der Waals surface area contributed by atoms with E-state index in [0.717, 1.165) is 11.2 Å². The van der Waals surface area contributed by atoms with E-state index >= 15 is 0 Å². The van der Waals surface area contributed by atoms with Crippen LogP contribution in [0.1, 0.15) is 5.69 Å². The molecule has 1 aromatic heterocycles. The standard InChI is InChI=1S/C20H15N/c1-14-12-18(15-8-4-2-5-9-15)20-17-11-7-3-6-10-16(17)13-19(20)21-14/h2-13H,1H3. The molecule has 0 atom stereocenters. The maximum atomic E-state index is 4.72. The van der Waals surface area contributed by atoms with Gasteiger partial charge in [-0.25, -0.2) is 0 Å². The van der Waals surface area contributed by atoms with Crippen LogP contribution < -0.4 is 0 Å². The molecule has 2 aliphatic carbocycles. The zero-order chi connectivity index (χ0) is 14.2. The minimum Gasteiger partial charge on any atom is -0.253 e. The van der Waals surface area contributed by atoms with E-state index in [9.17, 15) is 0 Å². The second-order valence-corrected chi connectivity index (χ2v) is 5.36. The topological polar surface area (TPSA) is 12.9 Å². The second-order valence-electron chi connectivity index (χ2n) is 5.36. The largest absolute Gasteiger partial charge is 0.253 e. The molecule has 0 saturated carbocycles. The molecule has 0 unspecified atom stereocenters. The van der Waals surface area contributed by atoms with Gasteiger partial charge >= 0.3 is 0 Å². The van der Waals surface area contributed by atoms with E-state index < -0.39 is 0 Å². The predicted octanol–water partition coefficient (Wildman–Crippen LogP) is 5.32. The Bertz CT molecular complexity index is 894. The fourth-order valence-electron chi connectivity index (χ4n) is 2.99. The highest BCUT2D eigenvalue weighted by Gasteiger charge is 2.14. The number of rotatable bonds is 1. The van der Waals surface area contributed by atoms with Crippen molar-refractivity contribution in [1.29, 1.82) is 0 Å². The minimum atomic E-state index is 1.06. The van der Waals surface area contributed by atoms with Gasteiger partial charge in [-0.15, -0.1) is 0 Å². The highest BCUT2D eigenvalue weighted by molar-refractivity contribution is 6.08. The summed E-state index contributed by atoms with van der Waals surface area (Å²) < 4.78 is 0. The first-order valence-electron chi connectivity index (χ1n) is 7.17. The van der Waals surface area contributed by atoms with Crippen molar-refractivity contribution >= 4 is 10.9 Å². The third-order valence-electron chi connectivity index (χ3n) is 3.89. The molecule has 0 aliphatic heterocycles. The molecule has 0 fully saturated rings. The number of hydrogen-bond acceptors (Lipinski definition) is 1. The molecule has 0 radical (unpaired) electrons. The third kappa shape index (κ3) is 1.98. The van der Waals surface area contributed by atoms with Crippen molar-refractivity contribution in [2.45, 2.75) is 6.92 Å². The van der Waals surface area contributed by atoms with Gasteiger partial charge in [0.15, 0.2) is 0 Å². The number of nitrogens with zero attached hydrogens (tertiary/aromatic N) is 1. The SMILES string of the molecule is Cc1cc(-c2ccccc2)c2c3cccccc-3cc2n1. The monoisotopic (exact) mass is 269 g/mol. The highest BCUT2D eigenvalue weighted by atomic mass is 14.7. The number of fused-ring (bicyclic) bond motifs is 3. The molecule has 2 aromatic rings. The molecule has 0 spiro atoms. The van der Waals surface area contributed by atoms with Crippen LogP contribution in [0, 0.1) is 6.92 Å². The van der Waals surface area contributed by atoms with Crippen LogP contribution >= 0.6 is 0 Å². The van der Waals surface area contributed by atoms with Gasteiger partial charge in [0.05, 0.1) is 5.52 Å². The zero-order valence-corrected chi connectivity index (χ0v) is 11.9. The summed E-state index contributed by atoms with van der Waals surface area (Å²) in [6, 6.07) is 25.5. The number of aromatic nitrogens is 1. The summed E-state index contributed by atoms with van der Waals surface area (Å²) in [7, 11) is 0. The Labute approximate surface area is 124 Å². The Morgan fingerprint density at radius 1 is 0.667 bits per heavy atom. The Morgan fingerprint density at radius 3 is 2.10 bits per heavy atom. The van der Waals surface area contributed by atoms with Gasteiger partial charge in [0.1, 0.15) is 0 Å². The van der Waals surface area contributed by atoms with Crippen LogP contribution in [0.25, 0.3) is 33.2 Å². The van der Waals surface area contributed by atoms with Crippen LogP contribution in [0.4, 0.5) is 0 Å². The second kappa shape index (κ2) is 4.71. The minimum absolute atomic E-state index is 1.06. The van der Waals surface area contributed by atoms with Crippen LogP contribution in [0.15, 0.2) is 72.8 Å². The number of pyridine rings is 1. The lowest BCUT2D eigenvalue weighted by atomic mass is 9.99. The lowest BCUT2D eigenvalue weighted by molar-refractivity contribution is 1.26. The highest BCUT2D eigenvalue weighted by Crippen LogP contribution is 2.39. The van der Waals surface area contributed by atoms with E-state index in [1.807, 2.05) is 0 Å². The summed E-state index contributed by atoms with van der Waals surface area (Å²) >= 11 is 0.